The average Bonchev–Trinajstić information content (AvgIpc) is 2.61. The minimum Gasteiger partial charge on any atom is -0.477 e. The summed E-state index contributed by atoms with van der Waals surface area (Å²) < 4.78 is 6.35. The summed E-state index contributed by atoms with van der Waals surface area (Å²) in [6, 6.07) is 12.1. The third-order valence-electron chi connectivity index (χ3n) is 3.72. The first-order valence-electron chi connectivity index (χ1n) is 7.25. The zero-order valence-electron chi connectivity index (χ0n) is 12.8. The number of benzene rings is 2. The summed E-state index contributed by atoms with van der Waals surface area (Å²) in [4.78, 5) is 26.6. The van der Waals surface area contributed by atoms with Crippen molar-refractivity contribution in [3.8, 4) is 5.75 Å². The first-order valence-corrected chi connectivity index (χ1v) is 8.42. The molecule has 5 nitrogen and oxygen atoms in total. The van der Waals surface area contributed by atoms with Crippen LogP contribution in [-0.2, 0) is 4.79 Å². The van der Waals surface area contributed by atoms with Crippen LogP contribution in [0.4, 0.5) is 5.69 Å². The molecule has 0 bridgehead atoms. The molecule has 0 saturated heterocycles. The fraction of sp³-hybridized carbons (Fsp3) is 0.176. The van der Waals surface area contributed by atoms with Crippen LogP contribution in [0.2, 0.25) is 5.02 Å². The van der Waals surface area contributed by atoms with E-state index in [0.29, 0.717) is 26.5 Å². The van der Waals surface area contributed by atoms with E-state index in [9.17, 15) is 9.59 Å². The zero-order chi connectivity index (χ0) is 17.3. The predicted molar refractivity (Wildman–Crippen MR) is 95.8 cm³/mol. The molecule has 2 aromatic rings. The van der Waals surface area contributed by atoms with E-state index >= 15 is 0 Å². The van der Waals surface area contributed by atoms with Crippen molar-refractivity contribution in [1.29, 1.82) is 0 Å². The second-order valence-electron chi connectivity index (χ2n) is 5.23. The zero-order valence-corrected chi connectivity index (χ0v) is 15.1. The Morgan fingerprint density at radius 2 is 2.04 bits per heavy atom. The van der Waals surface area contributed by atoms with E-state index in [1.165, 1.54) is 11.9 Å². The Balaban J connectivity index is 2.03. The van der Waals surface area contributed by atoms with E-state index in [4.69, 9.17) is 16.3 Å². The van der Waals surface area contributed by atoms with Gasteiger partial charge in [0.05, 0.1) is 17.8 Å². The van der Waals surface area contributed by atoms with Gasteiger partial charge in [-0.2, -0.15) is 0 Å². The molecule has 7 heteroatoms. The highest BCUT2D eigenvalue weighted by Crippen LogP contribution is 2.35. The van der Waals surface area contributed by atoms with E-state index in [1.54, 1.807) is 36.4 Å². The van der Waals surface area contributed by atoms with Crippen molar-refractivity contribution in [2.24, 2.45) is 0 Å². The summed E-state index contributed by atoms with van der Waals surface area (Å²) >= 11 is 9.40. The van der Waals surface area contributed by atoms with Crippen LogP contribution < -0.4 is 15.0 Å². The van der Waals surface area contributed by atoms with E-state index in [2.05, 4.69) is 21.2 Å². The number of carbonyl (C=O) groups is 2. The number of likely N-dealkylation sites (N-methyl/N-ethyl adjacent to an activating group) is 1. The number of ether oxygens (including phenoxy) is 1. The van der Waals surface area contributed by atoms with Crippen LogP contribution in [0.15, 0.2) is 46.9 Å². The second-order valence-corrected chi connectivity index (χ2v) is 6.52. The number of rotatable bonds is 2. The molecule has 0 fully saturated rings. The summed E-state index contributed by atoms with van der Waals surface area (Å²) in [5.41, 5.74) is 1.05. The topological polar surface area (TPSA) is 58.6 Å². The SMILES string of the molecule is CNC(=O)[C@@H]1CN(C(=O)c2cc(Cl)ccc2Br)c2ccccc2O1. The van der Waals surface area contributed by atoms with Gasteiger partial charge < -0.3 is 15.0 Å². The third-order valence-corrected chi connectivity index (χ3v) is 4.64. The molecule has 3 rings (SSSR count). The third kappa shape index (κ3) is 3.12. The van der Waals surface area contributed by atoms with E-state index in [1.807, 2.05) is 6.07 Å². The monoisotopic (exact) mass is 408 g/mol. The minimum absolute atomic E-state index is 0.120. The smallest absolute Gasteiger partial charge is 0.262 e. The Morgan fingerprint density at radius 1 is 1.29 bits per heavy atom. The number of nitrogens with zero attached hydrogens (tertiary/aromatic N) is 1. The van der Waals surface area contributed by atoms with Crippen molar-refractivity contribution in [2.45, 2.75) is 6.10 Å². The standard InChI is InChI=1S/C17H14BrClN2O3/c1-20-16(22)15-9-21(13-4-2-3-5-14(13)24-15)17(23)11-8-10(19)6-7-12(11)18/h2-8,15H,9H2,1H3,(H,20,22)/t15-/m0/s1. The number of carbonyl (C=O) groups excluding carboxylic acids is 2. The molecule has 2 amide bonds. The molecular formula is C17H14BrClN2O3. The normalized spacial score (nSPS) is 16.1. The van der Waals surface area contributed by atoms with Crippen LogP contribution >= 0.6 is 27.5 Å². The maximum absolute atomic E-state index is 13.0. The van der Waals surface area contributed by atoms with Gasteiger partial charge in [-0.05, 0) is 46.3 Å². The highest BCUT2D eigenvalue weighted by molar-refractivity contribution is 9.10. The van der Waals surface area contributed by atoms with Gasteiger partial charge in [0.15, 0.2) is 6.10 Å². The molecule has 2 aromatic carbocycles. The van der Waals surface area contributed by atoms with Gasteiger partial charge in [-0.15, -0.1) is 0 Å². The molecule has 1 atom stereocenters. The van der Waals surface area contributed by atoms with Crippen LogP contribution in [0.3, 0.4) is 0 Å². The van der Waals surface area contributed by atoms with Crippen LogP contribution in [0.25, 0.3) is 0 Å². The first-order chi connectivity index (χ1) is 11.5. The van der Waals surface area contributed by atoms with Crippen LogP contribution in [0, 0.1) is 0 Å². The van der Waals surface area contributed by atoms with Crippen LogP contribution in [0.1, 0.15) is 10.4 Å². The van der Waals surface area contributed by atoms with E-state index < -0.39 is 6.10 Å². The van der Waals surface area contributed by atoms with Gasteiger partial charge in [0.2, 0.25) is 0 Å². The fourth-order valence-corrected chi connectivity index (χ4v) is 3.12. The van der Waals surface area contributed by atoms with Crippen molar-refractivity contribution in [3.05, 3.63) is 57.5 Å². The summed E-state index contributed by atoms with van der Waals surface area (Å²) in [7, 11) is 1.53. The Labute approximate surface area is 152 Å². The van der Waals surface area contributed by atoms with Gasteiger partial charge in [0.1, 0.15) is 5.75 Å². The summed E-state index contributed by atoms with van der Waals surface area (Å²) in [6.45, 7) is 0.120. The van der Waals surface area contributed by atoms with Gasteiger partial charge in [0, 0.05) is 16.5 Å². The van der Waals surface area contributed by atoms with Crippen molar-refractivity contribution in [1.82, 2.24) is 5.32 Å². The summed E-state index contributed by atoms with van der Waals surface area (Å²) in [5, 5.41) is 3.02. The van der Waals surface area contributed by atoms with Gasteiger partial charge in [-0.25, -0.2) is 0 Å². The molecule has 0 saturated carbocycles. The lowest BCUT2D eigenvalue weighted by Gasteiger charge is -2.34. The van der Waals surface area contributed by atoms with Crippen molar-refractivity contribution >= 4 is 45.0 Å². The average molecular weight is 410 g/mol. The van der Waals surface area contributed by atoms with E-state index in [0.717, 1.165) is 0 Å². The molecule has 0 radical (unpaired) electrons. The van der Waals surface area contributed by atoms with Gasteiger partial charge in [-0.1, -0.05) is 23.7 Å². The summed E-state index contributed by atoms with van der Waals surface area (Å²) in [5.74, 6) is -0.0506. The number of nitrogens with one attached hydrogen (secondary N) is 1. The molecule has 24 heavy (non-hydrogen) atoms. The number of hydrogen-bond donors (Lipinski definition) is 1. The molecule has 0 aliphatic carbocycles. The van der Waals surface area contributed by atoms with Crippen molar-refractivity contribution in [2.75, 3.05) is 18.5 Å². The maximum atomic E-state index is 13.0. The summed E-state index contributed by atoms with van der Waals surface area (Å²) in [6.07, 6.45) is -0.771. The lowest BCUT2D eigenvalue weighted by molar-refractivity contribution is -0.127. The Bertz CT molecular complexity index is 812. The van der Waals surface area contributed by atoms with Gasteiger partial charge in [0.25, 0.3) is 11.8 Å². The first kappa shape index (κ1) is 16.8. The highest BCUT2D eigenvalue weighted by atomic mass is 79.9. The second kappa shape index (κ2) is 6.83. The largest absolute Gasteiger partial charge is 0.477 e. The van der Waals surface area contributed by atoms with Crippen molar-refractivity contribution < 1.29 is 14.3 Å². The molecule has 1 N–H and O–H groups in total. The predicted octanol–water partition coefficient (Wildman–Crippen LogP) is 3.26. The molecule has 0 unspecified atom stereocenters. The number of para-hydroxylation sites is 2. The fourth-order valence-electron chi connectivity index (χ4n) is 2.53. The molecule has 124 valence electrons. The Kier molecular flexibility index (Phi) is 4.78. The molecule has 0 spiro atoms. The lowest BCUT2D eigenvalue weighted by atomic mass is 10.1. The number of halogens is 2. The Hall–Kier alpha value is -2.05. The lowest BCUT2D eigenvalue weighted by Crippen LogP contribution is -2.50. The van der Waals surface area contributed by atoms with Crippen LogP contribution in [0.5, 0.6) is 5.75 Å². The number of hydrogen-bond acceptors (Lipinski definition) is 3. The minimum atomic E-state index is -0.771. The number of amides is 2. The molecule has 1 aliphatic heterocycles. The van der Waals surface area contributed by atoms with Gasteiger partial charge in [-0.3, -0.25) is 9.59 Å². The quantitative estimate of drug-likeness (QED) is 0.828. The van der Waals surface area contributed by atoms with Gasteiger partial charge >= 0.3 is 0 Å². The molecule has 1 aliphatic rings. The highest BCUT2D eigenvalue weighted by Gasteiger charge is 2.34. The van der Waals surface area contributed by atoms with E-state index in [-0.39, 0.29) is 18.4 Å². The molecular weight excluding hydrogens is 396 g/mol. The maximum Gasteiger partial charge on any atom is 0.262 e. The number of fused-ring (bicyclic) bond motifs is 1. The van der Waals surface area contributed by atoms with Crippen molar-refractivity contribution in [3.63, 3.8) is 0 Å². The molecule has 0 aromatic heterocycles. The molecule has 1 heterocycles. The number of anilines is 1. The van der Waals surface area contributed by atoms with Crippen LogP contribution in [-0.4, -0.2) is 31.5 Å². The Morgan fingerprint density at radius 3 is 2.79 bits per heavy atom.